The van der Waals surface area contributed by atoms with E-state index in [1.54, 1.807) is 5.92 Å². The molecule has 20 heavy (non-hydrogen) atoms. The second-order valence-electron chi connectivity index (χ2n) is 3.52. The van der Waals surface area contributed by atoms with Gasteiger partial charge in [-0.15, -0.1) is 0 Å². The third-order valence-corrected chi connectivity index (χ3v) is 2.12. The number of hydrogen-bond acceptors (Lipinski definition) is 2. The minimum absolute atomic E-state index is 0.294. The highest BCUT2D eigenvalue weighted by molar-refractivity contribution is 5.88. The standard InChI is InChI=1S/C12H7F4NO3/c1-5(18)17-4-2-3-6-8(13)10(15)7(12(19)20)11(16)9(6)14/h4H2,1H3,(H,17,18)(H,19,20). The molecule has 0 saturated heterocycles. The Hall–Kier alpha value is -2.56. The van der Waals surface area contributed by atoms with Crippen LogP contribution in [-0.2, 0) is 4.79 Å². The van der Waals surface area contributed by atoms with Gasteiger partial charge in [0, 0.05) is 6.92 Å². The quantitative estimate of drug-likeness (QED) is 0.492. The topological polar surface area (TPSA) is 66.4 Å². The lowest BCUT2D eigenvalue weighted by Gasteiger charge is -2.05. The number of carbonyl (C=O) groups is 2. The Labute approximate surface area is 110 Å². The molecule has 0 aliphatic rings. The normalized spacial score (nSPS) is 9.65. The van der Waals surface area contributed by atoms with E-state index in [2.05, 4.69) is 11.2 Å². The Morgan fingerprint density at radius 2 is 1.60 bits per heavy atom. The second-order valence-corrected chi connectivity index (χ2v) is 3.52. The molecule has 0 radical (unpaired) electrons. The van der Waals surface area contributed by atoms with Gasteiger partial charge < -0.3 is 10.4 Å². The fourth-order valence-corrected chi connectivity index (χ4v) is 1.23. The molecule has 0 unspecified atom stereocenters. The lowest BCUT2D eigenvalue weighted by Crippen LogP contribution is -2.19. The van der Waals surface area contributed by atoms with Gasteiger partial charge in [-0.05, 0) is 0 Å². The largest absolute Gasteiger partial charge is 0.477 e. The molecule has 0 saturated carbocycles. The van der Waals surface area contributed by atoms with Crippen molar-refractivity contribution in [2.45, 2.75) is 6.92 Å². The molecular weight excluding hydrogens is 282 g/mol. The zero-order chi connectivity index (χ0) is 15.4. The van der Waals surface area contributed by atoms with Crippen molar-refractivity contribution in [2.75, 3.05) is 6.54 Å². The third-order valence-electron chi connectivity index (χ3n) is 2.12. The van der Waals surface area contributed by atoms with E-state index >= 15 is 0 Å². The van der Waals surface area contributed by atoms with Crippen LogP contribution in [0.15, 0.2) is 0 Å². The van der Waals surface area contributed by atoms with E-state index in [-0.39, 0.29) is 6.54 Å². The molecule has 0 aliphatic heterocycles. The molecule has 1 rings (SSSR count). The summed E-state index contributed by atoms with van der Waals surface area (Å²) in [6.07, 6.45) is 0. The van der Waals surface area contributed by atoms with Crippen molar-refractivity contribution in [3.8, 4) is 11.8 Å². The number of nitrogens with one attached hydrogen (secondary N) is 1. The molecule has 2 N–H and O–H groups in total. The molecular formula is C12H7F4NO3. The van der Waals surface area contributed by atoms with E-state index < -0.39 is 46.3 Å². The maximum atomic E-state index is 13.4. The van der Waals surface area contributed by atoms with Gasteiger partial charge >= 0.3 is 5.97 Å². The molecule has 106 valence electrons. The number of halogens is 4. The molecule has 1 amide bonds. The Morgan fingerprint density at radius 3 is 2.00 bits per heavy atom. The van der Waals surface area contributed by atoms with Crippen LogP contribution in [0.1, 0.15) is 22.8 Å². The minimum atomic E-state index is -2.14. The average molecular weight is 289 g/mol. The van der Waals surface area contributed by atoms with Crippen LogP contribution in [0.5, 0.6) is 0 Å². The molecule has 8 heteroatoms. The molecule has 0 atom stereocenters. The van der Waals surface area contributed by atoms with Crippen molar-refractivity contribution in [2.24, 2.45) is 0 Å². The van der Waals surface area contributed by atoms with Gasteiger partial charge in [-0.2, -0.15) is 0 Å². The molecule has 0 spiro atoms. The van der Waals surface area contributed by atoms with E-state index in [1.165, 1.54) is 6.92 Å². The summed E-state index contributed by atoms with van der Waals surface area (Å²) in [5.41, 5.74) is -2.97. The lowest BCUT2D eigenvalue weighted by molar-refractivity contribution is -0.118. The van der Waals surface area contributed by atoms with Crippen molar-refractivity contribution >= 4 is 11.9 Å². The van der Waals surface area contributed by atoms with Crippen LogP contribution in [-0.4, -0.2) is 23.5 Å². The fraction of sp³-hybridized carbons (Fsp3) is 0.167. The number of carboxylic acid groups (broad SMARTS) is 1. The van der Waals surface area contributed by atoms with Crippen molar-refractivity contribution in [1.29, 1.82) is 0 Å². The maximum Gasteiger partial charge on any atom is 0.341 e. The van der Waals surface area contributed by atoms with Crippen LogP contribution < -0.4 is 5.32 Å². The van der Waals surface area contributed by atoms with Gasteiger partial charge in [0.15, 0.2) is 23.3 Å². The van der Waals surface area contributed by atoms with Gasteiger partial charge in [0.2, 0.25) is 5.91 Å². The average Bonchev–Trinajstić information content (AvgIpc) is 2.35. The SMILES string of the molecule is CC(=O)NCC#Cc1c(F)c(F)c(C(=O)O)c(F)c1F. The lowest BCUT2D eigenvalue weighted by atomic mass is 10.1. The zero-order valence-corrected chi connectivity index (χ0v) is 9.98. The van der Waals surface area contributed by atoms with Gasteiger partial charge in [-0.1, -0.05) is 11.8 Å². The predicted molar refractivity (Wildman–Crippen MR) is 58.8 cm³/mol. The highest BCUT2D eigenvalue weighted by atomic mass is 19.2. The minimum Gasteiger partial charge on any atom is -0.477 e. The van der Waals surface area contributed by atoms with E-state index in [9.17, 15) is 27.2 Å². The van der Waals surface area contributed by atoms with Gasteiger partial charge in [0.1, 0.15) is 11.1 Å². The van der Waals surface area contributed by atoms with Crippen molar-refractivity contribution in [3.05, 3.63) is 34.4 Å². The number of amides is 1. The number of carbonyl (C=O) groups excluding carboxylic acids is 1. The first-order chi connectivity index (χ1) is 9.27. The van der Waals surface area contributed by atoms with Gasteiger partial charge in [0.05, 0.1) is 6.54 Å². The summed E-state index contributed by atoms with van der Waals surface area (Å²) in [7, 11) is 0. The summed E-state index contributed by atoms with van der Waals surface area (Å²) >= 11 is 0. The summed E-state index contributed by atoms with van der Waals surface area (Å²) < 4.78 is 53.4. The predicted octanol–water partition coefficient (Wildman–Crippen LogP) is 1.43. The Kier molecular flexibility index (Phi) is 4.69. The monoisotopic (exact) mass is 289 g/mol. The fourth-order valence-electron chi connectivity index (χ4n) is 1.23. The Bertz CT molecular complexity index is 617. The summed E-state index contributed by atoms with van der Waals surface area (Å²) in [4.78, 5) is 21.0. The van der Waals surface area contributed by atoms with E-state index in [4.69, 9.17) is 5.11 Å². The summed E-state index contributed by atoms with van der Waals surface area (Å²) in [5.74, 6) is -6.63. The maximum absolute atomic E-state index is 13.4. The molecule has 4 nitrogen and oxygen atoms in total. The Morgan fingerprint density at radius 1 is 1.10 bits per heavy atom. The number of aromatic carboxylic acids is 1. The molecule has 0 fully saturated rings. The summed E-state index contributed by atoms with van der Waals surface area (Å²) in [6.45, 7) is 0.877. The number of benzene rings is 1. The Balaban J connectivity index is 3.29. The highest BCUT2D eigenvalue weighted by Gasteiger charge is 2.28. The van der Waals surface area contributed by atoms with Gasteiger partial charge in [-0.3, -0.25) is 4.79 Å². The zero-order valence-electron chi connectivity index (χ0n) is 9.98. The first-order valence-electron chi connectivity index (χ1n) is 5.09. The molecule has 0 bridgehead atoms. The number of carboxylic acids is 1. The highest BCUT2D eigenvalue weighted by Crippen LogP contribution is 2.23. The third kappa shape index (κ3) is 3.06. The van der Waals surface area contributed by atoms with Crippen molar-refractivity contribution in [3.63, 3.8) is 0 Å². The van der Waals surface area contributed by atoms with Crippen LogP contribution in [0.25, 0.3) is 0 Å². The van der Waals surface area contributed by atoms with Gasteiger partial charge in [-0.25, -0.2) is 22.4 Å². The first-order valence-corrected chi connectivity index (χ1v) is 5.09. The van der Waals surface area contributed by atoms with Crippen LogP contribution >= 0.6 is 0 Å². The van der Waals surface area contributed by atoms with Crippen LogP contribution in [0.3, 0.4) is 0 Å². The second kappa shape index (κ2) is 6.06. The van der Waals surface area contributed by atoms with Crippen molar-refractivity contribution < 1.29 is 32.3 Å². The summed E-state index contributed by atoms with van der Waals surface area (Å²) in [6, 6.07) is 0. The number of hydrogen-bond donors (Lipinski definition) is 2. The molecule has 1 aromatic carbocycles. The van der Waals surface area contributed by atoms with E-state index in [1.807, 2.05) is 0 Å². The first kappa shape index (κ1) is 15.5. The number of rotatable bonds is 2. The molecule has 0 heterocycles. The van der Waals surface area contributed by atoms with E-state index in [0.29, 0.717) is 0 Å². The van der Waals surface area contributed by atoms with E-state index in [0.717, 1.165) is 0 Å². The van der Waals surface area contributed by atoms with Crippen molar-refractivity contribution in [1.82, 2.24) is 5.32 Å². The molecule has 0 aromatic heterocycles. The molecule has 0 aliphatic carbocycles. The van der Waals surface area contributed by atoms with Crippen LogP contribution in [0, 0.1) is 35.1 Å². The molecule has 1 aromatic rings. The van der Waals surface area contributed by atoms with Crippen LogP contribution in [0.2, 0.25) is 0 Å². The summed E-state index contributed by atoms with van der Waals surface area (Å²) in [5, 5.41) is 10.6. The van der Waals surface area contributed by atoms with Gasteiger partial charge in [0.25, 0.3) is 0 Å². The van der Waals surface area contributed by atoms with Crippen LogP contribution in [0.4, 0.5) is 17.6 Å². The smallest absolute Gasteiger partial charge is 0.341 e.